The second-order valence-electron chi connectivity index (χ2n) is 8.12. The van der Waals surface area contributed by atoms with E-state index in [1.54, 1.807) is 12.1 Å². The Kier molecular flexibility index (Phi) is 6.85. The summed E-state index contributed by atoms with van der Waals surface area (Å²) in [6, 6.07) is 14.6. The highest BCUT2D eigenvalue weighted by atomic mass is 19.1. The molecule has 1 unspecified atom stereocenters. The van der Waals surface area contributed by atoms with E-state index in [2.05, 4.69) is 32.1 Å². The number of rotatable bonds is 8. The molecule has 1 atom stereocenters. The lowest BCUT2D eigenvalue weighted by atomic mass is 9.92. The average molecular weight is 438 g/mol. The first-order valence-electron chi connectivity index (χ1n) is 11.0. The van der Waals surface area contributed by atoms with Gasteiger partial charge in [0.15, 0.2) is 0 Å². The van der Waals surface area contributed by atoms with E-state index in [1.807, 2.05) is 12.1 Å². The maximum Gasteiger partial charge on any atom is 0.305 e. The zero-order chi connectivity index (χ0) is 22.5. The van der Waals surface area contributed by atoms with Crippen molar-refractivity contribution in [3.05, 3.63) is 71.2 Å². The van der Waals surface area contributed by atoms with Gasteiger partial charge in [-0.05, 0) is 48.6 Å². The third kappa shape index (κ3) is 4.83. The second kappa shape index (κ2) is 9.96. The number of benzene rings is 2. The number of fused-ring (bicyclic) bond motifs is 3. The van der Waals surface area contributed by atoms with Crippen molar-refractivity contribution in [1.82, 2.24) is 15.2 Å². The molecule has 6 nitrogen and oxygen atoms in total. The number of aromatic amines is 1. The van der Waals surface area contributed by atoms with Gasteiger partial charge in [-0.1, -0.05) is 30.3 Å². The van der Waals surface area contributed by atoms with Crippen molar-refractivity contribution in [1.29, 1.82) is 0 Å². The van der Waals surface area contributed by atoms with Crippen LogP contribution in [0.5, 0.6) is 0 Å². The maximum absolute atomic E-state index is 13.6. The monoisotopic (exact) mass is 437 g/mol. The lowest BCUT2D eigenvalue weighted by molar-refractivity contribution is -0.140. The minimum atomic E-state index is -0.280. The number of hydrogen-bond acceptors (Lipinski definition) is 4. The molecule has 1 aromatic heterocycles. The summed E-state index contributed by atoms with van der Waals surface area (Å²) in [7, 11) is 1.37. The van der Waals surface area contributed by atoms with E-state index in [1.165, 1.54) is 30.2 Å². The van der Waals surface area contributed by atoms with Crippen LogP contribution < -0.4 is 5.32 Å². The Labute approximate surface area is 186 Å². The standard InChI is InChI=1S/C25H28FN3O3/c1-32-23(31)8-4-5-14-27-22(30)16-29-15-13-20-19-6-2-3-7-21(19)28-24(20)25(29)17-9-11-18(26)12-10-17/h2-3,6-7,9-12,25,28H,4-5,8,13-16H2,1H3,(H,27,30). The molecule has 0 radical (unpaired) electrons. The molecule has 0 saturated heterocycles. The first-order chi connectivity index (χ1) is 15.6. The predicted octanol–water partition coefficient (Wildman–Crippen LogP) is 3.71. The minimum Gasteiger partial charge on any atom is -0.469 e. The number of esters is 1. The van der Waals surface area contributed by atoms with Crippen LogP contribution in [0.1, 0.15) is 42.1 Å². The molecule has 0 spiro atoms. The van der Waals surface area contributed by atoms with E-state index < -0.39 is 0 Å². The van der Waals surface area contributed by atoms with Crippen molar-refractivity contribution in [2.24, 2.45) is 0 Å². The number of nitrogens with one attached hydrogen (secondary N) is 2. The number of carbonyl (C=O) groups excluding carboxylic acids is 2. The molecule has 1 amide bonds. The summed E-state index contributed by atoms with van der Waals surface area (Å²) in [5.41, 5.74) is 4.34. The number of H-pyrrole nitrogens is 1. The first-order valence-corrected chi connectivity index (χ1v) is 11.0. The third-order valence-corrected chi connectivity index (χ3v) is 6.02. The van der Waals surface area contributed by atoms with Gasteiger partial charge < -0.3 is 15.0 Å². The van der Waals surface area contributed by atoms with Gasteiger partial charge in [-0.25, -0.2) is 4.39 Å². The second-order valence-corrected chi connectivity index (χ2v) is 8.12. The van der Waals surface area contributed by atoms with Crippen molar-refractivity contribution in [2.45, 2.75) is 31.7 Å². The molecular formula is C25H28FN3O3. The summed E-state index contributed by atoms with van der Waals surface area (Å²) in [6.07, 6.45) is 2.58. The largest absolute Gasteiger partial charge is 0.469 e. The predicted molar refractivity (Wildman–Crippen MR) is 121 cm³/mol. The van der Waals surface area contributed by atoms with Gasteiger partial charge >= 0.3 is 5.97 Å². The quantitative estimate of drug-likeness (QED) is 0.416. The molecule has 3 aromatic rings. The van der Waals surface area contributed by atoms with Crippen LogP contribution in [0.25, 0.3) is 10.9 Å². The van der Waals surface area contributed by atoms with E-state index in [0.717, 1.165) is 29.7 Å². The molecule has 2 N–H and O–H groups in total. The number of methoxy groups -OCH3 is 1. The van der Waals surface area contributed by atoms with Crippen molar-refractivity contribution in [2.75, 3.05) is 26.7 Å². The molecule has 0 saturated carbocycles. The smallest absolute Gasteiger partial charge is 0.305 e. The van der Waals surface area contributed by atoms with Crippen molar-refractivity contribution in [3.8, 4) is 0 Å². The summed E-state index contributed by atoms with van der Waals surface area (Å²) in [4.78, 5) is 29.5. The van der Waals surface area contributed by atoms with E-state index >= 15 is 0 Å². The molecule has 1 aliphatic rings. The van der Waals surface area contributed by atoms with Gasteiger partial charge in [-0.15, -0.1) is 0 Å². The Balaban J connectivity index is 1.49. The first kappa shape index (κ1) is 22.0. The highest BCUT2D eigenvalue weighted by Crippen LogP contribution is 2.38. The molecule has 0 bridgehead atoms. The zero-order valence-electron chi connectivity index (χ0n) is 18.2. The van der Waals surface area contributed by atoms with Crippen LogP contribution in [0.3, 0.4) is 0 Å². The Bertz CT molecular complexity index is 1090. The summed E-state index contributed by atoms with van der Waals surface area (Å²) in [5, 5.41) is 4.15. The SMILES string of the molecule is COC(=O)CCCCNC(=O)CN1CCc2c([nH]c3ccccc23)C1c1ccc(F)cc1. The number of halogens is 1. The normalized spacial score (nSPS) is 16.0. The van der Waals surface area contributed by atoms with Crippen LogP contribution in [0, 0.1) is 5.82 Å². The Hall–Kier alpha value is -3.19. The van der Waals surface area contributed by atoms with Gasteiger partial charge in [0.05, 0.1) is 19.7 Å². The van der Waals surface area contributed by atoms with Gasteiger partial charge in [0.2, 0.25) is 5.91 Å². The highest BCUT2D eigenvalue weighted by molar-refractivity contribution is 5.85. The summed E-state index contributed by atoms with van der Waals surface area (Å²) >= 11 is 0. The molecule has 2 heterocycles. The van der Waals surface area contributed by atoms with Crippen LogP contribution in [0.15, 0.2) is 48.5 Å². The van der Waals surface area contributed by atoms with Gasteiger partial charge in [-0.2, -0.15) is 0 Å². The van der Waals surface area contributed by atoms with Gasteiger partial charge in [0, 0.05) is 36.1 Å². The molecule has 1 aliphatic heterocycles. The molecular weight excluding hydrogens is 409 g/mol. The molecule has 2 aromatic carbocycles. The van der Waals surface area contributed by atoms with E-state index in [9.17, 15) is 14.0 Å². The number of ether oxygens (including phenoxy) is 1. The third-order valence-electron chi connectivity index (χ3n) is 6.02. The Morgan fingerprint density at radius 1 is 1.16 bits per heavy atom. The zero-order valence-corrected chi connectivity index (χ0v) is 18.2. The highest BCUT2D eigenvalue weighted by Gasteiger charge is 2.32. The molecule has 32 heavy (non-hydrogen) atoms. The van der Waals surface area contributed by atoms with Crippen LogP contribution in [-0.4, -0.2) is 48.5 Å². The summed E-state index contributed by atoms with van der Waals surface area (Å²) in [6.45, 7) is 1.49. The minimum absolute atomic E-state index is 0.0604. The molecule has 4 rings (SSSR count). The number of unbranched alkanes of at least 4 members (excludes halogenated alkanes) is 1. The topological polar surface area (TPSA) is 74.4 Å². The van der Waals surface area contributed by atoms with Crippen LogP contribution in [-0.2, 0) is 20.7 Å². The molecule has 0 aliphatic carbocycles. The van der Waals surface area contributed by atoms with Gasteiger partial charge in [0.1, 0.15) is 5.82 Å². The van der Waals surface area contributed by atoms with E-state index in [0.29, 0.717) is 25.8 Å². The lowest BCUT2D eigenvalue weighted by Gasteiger charge is -2.35. The van der Waals surface area contributed by atoms with Crippen molar-refractivity contribution >= 4 is 22.8 Å². The summed E-state index contributed by atoms with van der Waals surface area (Å²) < 4.78 is 18.2. The maximum atomic E-state index is 13.6. The fourth-order valence-electron chi connectivity index (χ4n) is 4.45. The molecule has 168 valence electrons. The number of carbonyl (C=O) groups is 2. The van der Waals surface area contributed by atoms with Crippen molar-refractivity contribution < 1.29 is 18.7 Å². The Morgan fingerprint density at radius 3 is 2.72 bits per heavy atom. The average Bonchev–Trinajstić information content (AvgIpc) is 3.18. The molecule has 7 heteroatoms. The van der Waals surface area contributed by atoms with Crippen molar-refractivity contribution in [3.63, 3.8) is 0 Å². The van der Waals surface area contributed by atoms with E-state index in [-0.39, 0.29) is 30.3 Å². The number of hydrogen-bond donors (Lipinski definition) is 2. The lowest BCUT2D eigenvalue weighted by Crippen LogP contribution is -2.43. The fraction of sp³-hybridized carbons (Fsp3) is 0.360. The number of amides is 1. The number of aromatic nitrogens is 1. The summed E-state index contributed by atoms with van der Waals surface area (Å²) in [5.74, 6) is -0.576. The van der Waals surface area contributed by atoms with Gasteiger partial charge in [0.25, 0.3) is 0 Å². The molecule has 0 fully saturated rings. The Morgan fingerprint density at radius 2 is 1.94 bits per heavy atom. The van der Waals surface area contributed by atoms with Crippen LogP contribution in [0.4, 0.5) is 4.39 Å². The fourth-order valence-corrected chi connectivity index (χ4v) is 4.45. The number of nitrogens with zero attached hydrogens (tertiary/aromatic N) is 1. The van der Waals surface area contributed by atoms with Crippen LogP contribution >= 0.6 is 0 Å². The van der Waals surface area contributed by atoms with E-state index in [4.69, 9.17) is 0 Å². The number of para-hydroxylation sites is 1. The van der Waals surface area contributed by atoms with Crippen LogP contribution in [0.2, 0.25) is 0 Å². The van der Waals surface area contributed by atoms with Gasteiger partial charge in [-0.3, -0.25) is 14.5 Å².